The third kappa shape index (κ3) is 3.97. The molecule has 3 heteroatoms. The Balaban J connectivity index is 2.79. The van der Waals surface area contributed by atoms with Crippen molar-refractivity contribution >= 4 is 39.1 Å². The molecule has 0 bridgehead atoms. The Bertz CT molecular complexity index is 323. The molecular formula is C12H15BrCl2. The number of hydrogen-bond donors (Lipinski definition) is 0. The van der Waals surface area contributed by atoms with Gasteiger partial charge in [0.25, 0.3) is 0 Å². The summed E-state index contributed by atoms with van der Waals surface area (Å²) in [5, 5.41) is 0.820. The molecule has 1 rings (SSSR count). The van der Waals surface area contributed by atoms with Crippen LogP contribution in [0.15, 0.2) is 22.7 Å². The third-order valence-corrected chi connectivity index (χ3v) is 3.88. The highest BCUT2D eigenvalue weighted by molar-refractivity contribution is 9.10. The van der Waals surface area contributed by atoms with Crippen molar-refractivity contribution in [2.45, 2.75) is 20.3 Å². The monoisotopic (exact) mass is 308 g/mol. The summed E-state index contributed by atoms with van der Waals surface area (Å²) in [5.74, 6) is 1.76. The molecule has 1 unspecified atom stereocenters. The maximum absolute atomic E-state index is 6.16. The zero-order chi connectivity index (χ0) is 11.4. The van der Waals surface area contributed by atoms with Gasteiger partial charge in [0.2, 0.25) is 0 Å². The van der Waals surface area contributed by atoms with Gasteiger partial charge in [-0.15, -0.1) is 11.6 Å². The molecule has 0 fully saturated rings. The Kier molecular flexibility index (Phi) is 5.45. The molecule has 0 amide bonds. The van der Waals surface area contributed by atoms with Crippen molar-refractivity contribution in [3.63, 3.8) is 0 Å². The number of halogens is 3. The number of hydrogen-bond acceptors (Lipinski definition) is 0. The quantitative estimate of drug-likeness (QED) is 0.674. The first-order valence-electron chi connectivity index (χ1n) is 5.04. The highest BCUT2D eigenvalue weighted by atomic mass is 79.9. The molecule has 1 atom stereocenters. The summed E-state index contributed by atoms with van der Waals surface area (Å²) in [6, 6.07) is 6.02. The zero-order valence-corrected chi connectivity index (χ0v) is 12.0. The number of benzene rings is 1. The maximum atomic E-state index is 6.16. The summed E-state index contributed by atoms with van der Waals surface area (Å²) in [7, 11) is 0. The minimum Gasteiger partial charge on any atom is -0.126 e. The lowest BCUT2D eigenvalue weighted by molar-refractivity contribution is 0.422. The highest BCUT2D eigenvalue weighted by Gasteiger charge is 2.14. The van der Waals surface area contributed by atoms with Gasteiger partial charge < -0.3 is 0 Å². The third-order valence-electron chi connectivity index (χ3n) is 2.64. The molecule has 0 aliphatic carbocycles. The van der Waals surface area contributed by atoms with Crippen LogP contribution in [0.3, 0.4) is 0 Å². The fraction of sp³-hybridized carbons (Fsp3) is 0.500. The van der Waals surface area contributed by atoms with Crippen LogP contribution in [0.25, 0.3) is 0 Å². The van der Waals surface area contributed by atoms with Crippen LogP contribution in [0.2, 0.25) is 5.02 Å². The SMILES string of the molecule is CC(C)C(CCl)Cc1ccc(Br)cc1Cl. The van der Waals surface area contributed by atoms with E-state index in [-0.39, 0.29) is 0 Å². The Hall–Kier alpha value is 0.280. The van der Waals surface area contributed by atoms with Crippen LogP contribution >= 0.6 is 39.1 Å². The van der Waals surface area contributed by atoms with Crippen LogP contribution in [0, 0.1) is 11.8 Å². The largest absolute Gasteiger partial charge is 0.126 e. The van der Waals surface area contributed by atoms with Crippen LogP contribution < -0.4 is 0 Å². The molecule has 0 radical (unpaired) electrons. The van der Waals surface area contributed by atoms with Crippen molar-refractivity contribution in [2.75, 3.05) is 5.88 Å². The molecule has 15 heavy (non-hydrogen) atoms. The van der Waals surface area contributed by atoms with E-state index in [1.807, 2.05) is 12.1 Å². The molecule has 84 valence electrons. The molecule has 0 N–H and O–H groups in total. The van der Waals surface area contributed by atoms with Gasteiger partial charge in [-0.2, -0.15) is 0 Å². The summed E-state index contributed by atoms with van der Waals surface area (Å²) >= 11 is 15.5. The fourth-order valence-corrected chi connectivity index (χ4v) is 2.65. The smallest absolute Gasteiger partial charge is 0.0449 e. The Labute approximate surface area is 110 Å². The first-order chi connectivity index (χ1) is 7.04. The van der Waals surface area contributed by atoms with E-state index in [0.717, 1.165) is 15.9 Å². The molecule has 1 aromatic rings. The van der Waals surface area contributed by atoms with Gasteiger partial charge in [-0.25, -0.2) is 0 Å². The fourth-order valence-electron chi connectivity index (χ4n) is 1.44. The number of rotatable bonds is 4. The van der Waals surface area contributed by atoms with E-state index >= 15 is 0 Å². The standard InChI is InChI=1S/C12H15BrCl2/c1-8(2)10(7-14)5-9-3-4-11(13)6-12(9)15/h3-4,6,8,10H,5,7H2,1-2H3. The highest BCUT2D eigenvalue weighted by Crippen LogP contribution is 2.26. The van der Waals surface area contributed by atoms with Crippen LogP contribution in [-0.4, -0.2) is 5.88 Å². The van der Waals surface area contributed by atoms with E-state index in [4.69, 9.17) is 23.2 Å². The first kappa shape index (κ1) is 13.3. The second-order valence-electron chi connectivity index (χ2n) is 4.10. The molecule has 1 aromatic carbocycles. The van der Waals surface area contributed by atoms with Crippen molar-refractivity contribution in [3.8, 4) is 0 Å². The van der Waals surface area contributed by atoms with Gasteiger partial charge in [0.1, 0.15) is 0 Å². The zero-order valence-electron chi connectivity index (χ0n) is 8.93. The van der Waals surface area contributed by atoms with Crippen molar-refractivity contribution in [3.05, 3.63) is 33.3 Å². The average Bonchev–Trinajstić information content (AvgIpc) is 2.16. The van der Waals surface area contributed by atoms with E-state index in [9.17, 15) is 0 Å². The lowest BCUT2D eigenvalue weighted by Crippen LogP contribution is -2.13. The van der Waals surface area contributed by atoms with E-state index in [0.29, 0.717) is 17.7 Å². The normalized spacial score (nSPS) is 13.2. The van der Waals surface area contributed by atoms with E-state index in [2.05, 4.69) is 35.8 Å². The lowest BCUT2D eigenvalue weighted by Gasteiger charge is -2.18. The lowest BCUT2D eigenvalue weighted by atomic mass is 9.91. The molecular weight excluding hydrogens is 295 g/mol. The van der Waals surface area contributed by atoms with Gasteiger partial charge in [0.15, 0.2) is 0 Å². The molecule has 0 nitrogen and oxygen atoms in total. The molecule has 0 aliphatic heterocycles. The van der Waals surface area contributed by atoms with E-state index < -0.39 is 0 Å². The minimum absolute atomic E-state index is 0.491. The summed E-state index contributed by atoms with van der Waals surface area (Å²) in [6.45, 7) is 4.39. The maximum Gasteiger partial charge on any atom is 0.0449 e. The topological polar surface area (TPSA) is 0 Å². The van der Waals surface area contributed by atoms with Gasteiger partial charge >= 0.3 is 0 Å². The molecule has 0 saturated heterocycles. The van der Waals surface area contributed by atoms with Gasteiger partial charge in [-0.05, 0) is 36.0 Å². The summed E-state index contributed by atoms with van der Waals surface area (Å²) in [6.07, 6.45) is 0.952. The first-order valence-corrected chi connectivity index (χ1v) is 6.75. The van der Waals surface area contributed by atoms with Gasteiger partial charge in [0.05, 0.1) is 0 Å². The van der Waals surface area contributed by atoms with Crippen LogP contribution in [0.1, 0.15) is 19.4 Å². The second-order valence-corrected chi connectivity index (χ2v) is 5.73. The van der Waals surface area contributed by atoms with Gasteiger partial charge in [-0.3, -0.25) is 0 Å². The van der Waals surface area contributed by atoms with Gasteiger partial charge in [0, 0.05) is 15.4 Å². The van der Waals surface area contributed by atoms with Crippen molar-refractivity contribution < 1.29 is 0 Å². The summed E-state index contributed by atoms with van der Waals surface area (Å²) in [4.78, 5) is 0. The predicted octanol–water partition coefficient (Wildman–Crippen LogP) is 5.16. The molecule has 0 heterocycles. The predicted molar refractivity (Wildman–Crippen MR) is 71.9 cm³/mol. The van der Waals surface area contributed by atoms with E-state index in [1.54, 1.807) is 0 Å². The van der Waals surface area contributed by atoms with Crippen LogP contribution in [0.5, 0.6) is 0 Å². The number of alkyl halides is 1. The molecule has 0 saturated carbocycles. The van der Waals surface area contributed by atoms with Crippen LogP contribution in [0.4, 0.5) is 0 Å². The van der Waals surface area contributed by atoms with Crippen molar-refractivity contribution in [2.24, 2.45) is 11.8 Å². The van der Waals surface area contributed by atoms with Crippen molar-refractivity contribution in [1.29, 1.82) is 0 Å². The molecule has 0 aliphatic rings. The molecule has 0 spiro atoms. The van der Waals surface area contributed by atoms with Gasteiger partial charge in [-0.1, -0.05) is 47.4 Å². The summed E-state index contributed by atoms with van der Waals surface area (Å²) in [5.41, 5.74) is 1.18. The Morgan fingerprint density at radius 2 is 2.00 bits per heavy atom. The minimum atomic E-state index is 0.491. The summed E-state index contributed by atoms with van der Waals surface area (Å²) < 4.78 is 1.02. The van der Waals surface area contributed by atoms with E-state index in [1.165, 1.54) is 5.56 Å². The Morgan fingerprint density at radius 1 is 1.33 bits per heavy atom. The van der Waals surface area contributed by atoms with Crippen LogP contribution in [-0.2, 0) is 6.42 Å². The second kappa shape index (κ2) is 6.12. The molecule has 0 aromatic heterocycles. The average molecular weight is 310 g/mol. The van der Waals surface area contributed by atoms with Crippen molar-refractivity contribution in [1.82, 2.24) is 0 Å². The Morgan fingerprint density at radius 3 is 2.47 bits per heavy atom.